The highest BCUT2D eigenvalue weighted by Gasteiger charge is 2.16. The van der Waals surface area contributed by atoms with E-state index in [1.54, 1.807) is 6.07 Å². The molecular formula is C17H15BrN2O2. The molecule has 0 bridgehead atoms. The summed E-state index contributed by atoms with van der Waals surface area (Å²) >= 11 is 3.26. The molecule has 0 saturated carbocycles. The van der Waals surface area contributed by atoms with E-state index in [1.807, 2.05) is 43.3 Å². The molecule has 2 aromatic rings. The van der Waals surface area contributed by atoms with Crippen LogP contribution in [-0.4, -0.2) is 5.91 Å². The number of hydrogen-bond donors (Lipinski definition) is 1. The second-order valence-corrected chi connectivity index (χ2v) is 5.60. The lowest BCUT2D eigenvalue weighted by molar-refractivity contribution is -0.117. The van der Waals surface area contributed by atoms with E-state index in [1.165, 1.54) is 12.3 Å². The van der Waals surface area contributed by atoms with E-state index < -0.39 is 5.91 Å². The molecule has 0 spiro atoms. The lowest BCUT2D eigenvalue weighted by Gasteiger charge is -2.17. The zero-order chi connectivity index (χ0) is 15.9. The maximum atomic E-state index is 12.3. The van der Waals surface area contributed by atoms with Crippen LogP contribution in [0.2, 0.25) is 0 Å². The Hall–Kier alpha value is -2.32. The van der Waals surface area contributed by atoms with Gasteiger partial charge < -0.3 is 9.73 Å². The largest absolute Gasteiger partial charge is 0.464 e. The summed E-state index contributed by atoms with van der Waals surface area (Å²) in [5.74, 6) is 0.0389. The standard InChI is InChI=1S/C17H15BrN2O2/c1-2-16(12-6-4-3-5-7-12)20-17(21)13(10-19)8-15-9-14(18)11-22-15/h3-9,11,16H,2H2,1H3,(H,20,21)/b13-8-. The van der Waals surface area contributed by atoms with Gasteiger partial charge in [-0.25, -0.2) is 0 Å². The van der Waals surface area contributed by atoms with Gasteiger partial charge in [0.15, 0.2) is 0 Å². The number of furan rings is 1. The Balaban J connectivity index is 2.15. The number of carbonyl (C=O) groups excluding carboxylic acids is 1. The first-order chi connectivity index (χ1) is 10.6. The minimum absolute atomic E-state index is 0.0104. The van der Waals surface area contributed by atoms with Crippen LogP contribution in [0, 0.1) is 11.3 Å². The number of amides is 1. The minimum Gasteiger partial charge on any atom is -0.464 e. The third kappa shape index (κ3) is 4.09. The summed E-state index contributed by atoms with van der Waals surface area (Å²) in [4.78, 5) is 12.3. The summed E-state index contributed by atoms with van der Waals surface area (Å²) in [6.45, 7) is 1.98. The average Bonchev–Trinajstić information content (AvgIpc) is 2.96. The molecule has 4 nitrogen and oxygen atoms in total. The Kier molecular flexibility index (Phi) is 5.56. The Bertz CT molecular complexity index is 714. The van der Waals surface area contributed by atoms with Gasteiger partial charge in [0.2, 0.25) is 0 Å². The van der Waals surface area contributed by atoms with E-state index in [2.05, 4.69) is 21.2 Å². The Morgan fingerprint density at radius 1 is 1.45 bits per heavy atom. The number of nitrogens with zero attached hydrogens (tertiary/aromatic N) is 1. The summed E-state index contributed by atoms with van der Waals surface area (Å²) in [5, 5.41) is 12.1. The molecule has 22 heavy (non-hydrogen) atoms. The smallest absolute Gasteiger partial charge is 0.262 e. The highest BCUT2D eigenvalue weighted by atomic mass is 79.9. The number of benzene rings is 1. The van der Waals surface area contributed by atoms with Crippen LogP contribution < -0.4 is 5.32 Å². The van der Waals surface area contributed by atoms with Crippen molar-refractivity contribution in [3.05, 3.63) is 64.0 Å². The van der Waals surface area contributed by atoms with Crippen LogP contribution in [0.1, 0.15) is 30.7 Å². The van der Waals surface area contributed by atoms with Gasteiger partial charge in [-0.3, -0.25) is 4.79 Å². The van der Waals surface area contributed by atoms with Crippen molar-refractivity contribution in [1.29, 1.82) is 5.26 Å². The molecule has 112 valence electrons. The summed E-state index contributed by atoms with van der Waals surface area (Å²) in [6, 6.07) is 13.1. The molecule has 0 aliphatic heterocycles. The number of halogens is 1. The third-order valence-corrected chi connectivity index (χ3v) is 3.57. The molecule has 0 radical (unpaired) electrons. The highest BCUT2D eigenvalue weighted by molar-refractivity contribution is 9.10. The molecule has 1 N–H and O–H groups in total. The lowest BCUT2D eigenvalue weighted by Crippen LogP contribution is -2.29. The molecule has 1 aromatic carbocycles. The molecule has 0 saturated heterocycles. The number of nitrogens with one attached hydrogen (secondary N) is 1. The maximum Gasteiger partial charge on any atom is 0.262 e. The molecule has 1 atom stereocenters. The van der Waals surface area contributed by atoms with Crippen LogP contribution in [0.25, 0.3) is 6.08 Å². The van der Waals surface area contributed by atoms with Crippen molar-refractivity contribution in [1.82, 2.24) is 5.32 Å². The van der Waals surface area contributed by atoms with Crippen LogP contribution >= 0.6 is 15.9 Å². The predicted octanol–water partition coefficient (Wildman–Crippen LogP) is 4.22. The quantitative estimate of drug-likeness (QED) is 0.642. The van der Waals surface area contributed by atoms with Crippen molar-refractivity contribution in [2.75, 3.05) is 0 Å². The fraction of sp³-hybridized carbons (Fsp3) is 0.176. The number of nitriles is 1. The van der Waals surface area contributed by atoms with E-state index in [0.29, 0.717) is 5.76 Å². The zero-order valence-electron chi connectivity index (χ0n) is 12.0. The minimum atomic E-state index is -0.411. The third-order valence-electron chi connectivity index (χ3n) is 3.15. The number of carbonyl (C=O) groups is 1. The molecule has 0 aliphatic carbocycles. The van der Waals surface area contributed by atoms with Crippen LogP contribution in [-0.2, 0) is 4.79 Å². The van der Waals surface area contributed by atoms with Crippen molar-refractivity contribution in [3.8, 4) is 6.07 Å². The molecule has 0 aliphatic rings. The van der Waals surface area contributed by atoms with E-state index in [4.69, 9.17) is 4.42 Å². The fourth-order valence-electron chi connectivity index (χ4n) is 2.04. The monoisotopic (exact) mass is 358 g/mol. The van der Waals surface area contributed by atoms with Gasteiger partial charge in [-0.05, 0) is 34.0 Å². The van der Waals surface area contributed by atoms with Crippen molar-refractivity contribution >= 4 is 27.9 Å². The molecule has 2 rings (SSSR count). The first-order valence-corrected chi connectivity index (χ1v) is 7.65. The molecule has 1 aromatic heterocycles. The first kappa shape index (κ1) is 16.1. The average molecular weight is 359 g/mol. The van der Waals surface area contributed by atoms with Crippen LogP contribution in [0.5, 0.6) is 0 Å². The van der Waals surface area contributed by atoms with Crippen molar-refractivity contribution in [3.63, 3.8) is 0 Å². The summed E-state index contributed by atoms with van der Waals surface area (Å²) in [7, 11) is 0. The van der Waals surface area contributed by atoms with Crippen LogP contribution in [0.15, 0.2) is 57.1 Å². The number of hydrogen-bond acceptors (Lipinski definition) is 3. The molecule has 1 amide bonds. The van der Waals surface area contributed by atoms with Gasteiger partial charge in [-0.2, -0.15) is 5.26 Å². The van der Waals surface area contributed by atoms with Crippen molar-refractivity contribution in [2.24, 2.45) is 0 Å². The highest BCUT2D eigenvalue weighted by Crippen LogP contribution is 2.19. The van der Waals surface area contributed by atoms with Gasteiger partial charge in [0.1, 0.15) is 23.7 Å². The van der Waals surface area contributed by atoms with Gasteiger partial charge in [-0.15, -0.1) is 0 Å². The molecule has 0 fully saturated rings. The van der Waals surface area contributed by atoms with E-state index >= 15 is 0 Å². The van der Waals surface area contributed by atoms with Gasteiger partial charge >= 0.3 is 0 Å². The van der Waals surface area contributed by atoms with Crippen molar-refractivity contribution in [2.45, 2.75) is 19.4 Å². The Labute approximate surface area is 137 Å². The predicted molar refractivity (Wildman–Crippen MR) is 87.6 cm³/mol. The van der Waals surface area contributed by atoms with E-state index in [9.17, 15) is 10.1 Å². The molecule has 1 unspecified atom stereocenters. The number of rotatable bonds is 5. The van der Waals surface area contributed by atoms with E-state index in [-0.39, 0.29) is 11.6 Å². The second kappa shape index (κ2) is 7.62. The molecular weight excluding hydrogens is 344 g/mol. The SMILES string of the molecule is CCC(NC(=O)/C(C#N)=C\c1cc(Br)co1)c1ccccc1. The summed E-state index contributed by atoms with van der Waals surface area (Å²) in [6.07, 6.45) is 3.66. The van der Waals surface area contributed by atoms with Crippen LogP contribution in [0.3, 0.4) is 0 Å². The molecule has 1 heterocycles. The maximum absolute atomic E-state index is 12.3. The van der Waals surface area contributed by atoms with Gasteiger partial charge in [0.25, 0.3) is 5.91 Å². The fourth-order valence-corrected chi connectivity index (χ4v) is 2.36. The lowest BCUT2D eigenvalue weighted by atomic mass is 10.0. The van der Waals surface area contributed by atoms with E-state index in [0.717, 1.165) is 16.5 Å². The van der Waals surface area contributed by atoms with Gasteiger partial charge in [0, 0.05) is 6.08 Å². The van der Waals surface area contributed by atoms with Crippen molar-refractivity contribution < 1.29 is 9.21 Å². The summed E-state index contributed by atoms with van der Waals surface area (Å²) < 4.78 is 5.96. The first-order valence-electron chi connectivity index (χ1n) is 6.85. The van der Waals surface area contributed by atoms with Gasteiger partial charge in [-0.1, -0.05) is 37.3 Å². The molecule has 5 heteroatoms. The second-order valence-electron chi connectivity index (χ2n) is 4.68. The zero-order valence-corrected chi connectivity index (χ0v) is 13.6. The van der Waals surface area contributed by atoms with Gasteiger partial charge in [0.05, 0.1) is 10.5 Å². The van der Waals surface area contributed by atoms with Crippen LogP contribution in [0.4, 0.5) is 0 Å². The topological polar surface area (TPSA) is 66.0 Å². The normalized spacial score (nSPS) is 12.5. The summed E-state index contributed by atoms with van der Waals surface area (Å²) in [5.41, 5.74) is 1.02. The Morgan fingerprint density at radius 3 is 2.73 bits per heavy atom. The Morgan fingerprint density at radius 2 is 2.18 bits per heavy atom.